The molecule has 0 N–H and O–H groups in total. The van der Waals surface area contributed by atoms with E-state index in [0.717, 1.165) is 4.90 Å². The number of hydrogen-bond acceptors (Lipinski definition) is 10. The monoisotopic (exact) mass is 482 g/mol. The van der Waals surface area contributed by atoms with Crippen molar-refractivity contribution in [2.45, 2.75) is 44.9 Å². The van der Waals surface area contributed by atoms with Gasteiger partial charge in [0.2, 0.25) is 0 Å². The number of amides is 4. The van der Waals surface area contributed by atoms with Crippen LogP contribution in [0.5, 0.6) is 0 Å². The number of ether oxygens (including phenoxy) is 3. The molecular formula is C22H30N2O10. The number of imide groups is 2. The Kier molecular flexibility index (Phi) is 12.1. The van der Waals surface area contributed by atoms with Crippen molar-refractivity contribution in [3.8, 4) is 0 Å². The van der Waals surface area contributed by atoms with E-state index in [2.05, 4.69) is 0 Å². The van der Waals surface area contributed by atoms with Gasteiger partial charge in [0.25, 0.3) is 23.6 Å². The maximum Gasteiger partial charge on any atom is 0.335 e. The Morgan fingerprint density at radius 2 is 1.24 bits per heavy atom. The number of carbonyl (C=O) groups excluding carboxylic acids is 6. The van der Waals surface area contributed by atoms with Crippen LogP contribution in [0.25, 0.3) is 0 Å². The highest BCUT2D eigenvalue weighted by atomic mass is 16.7. The summed E-state index contributed by atoms with van der Waals surface area (Å²) in [5, 5.41) is 0.501. The van der Waals surface area contributed by atoms with Gasteiger partial charge in [0.1, 0.15) is 5.78 Å². The van der Waals surface area contributed by atoms with E-state index in [-0.39, 0.29) is 56.6 Å². The van der Waals surface area contributed by atoms with Gasteiger partial charge in [-0.15, -0.1) is 5.06 Å². The molecule has 0 aliphatic carbocycles. The van der Waals surface area contributed by atoms with Crippen molar-refractivity contribution < 1.29 is 47.8 Å². The molecule has 1 saturated heterocycles. The summed E-state index contributed by atoms with van der Waals surface area (Å²) in [6, 6.07) is 0. The van der Waals surface area contributed by atoms with Crippen LogP contribution in [0.15, 0.2) is 12.2 Å². The van der Waals surface area contributed by atoms with Crippen molar-refractivity contribution in [3.63, 3.8) is 0 Å². The topological polar surface area (TPSA) is 146 Å². The first-order chi connectivity index (χ1) is 16.4. The lowest BCUT2D eigenvalue weighted by Gasteiger charge is -2.12. The zero-order chi connectivity index (χ0) is 24.8. The Morgan fingerprint density at radius 3 is 1.85 bits per heavy atom. The molecule has 0 aromatic heterocycles. The summed E-state index contributed by atoms with van der Waals surface area (Å²) in [4.78, 5) is 74.7. The fraction of sp³-hybridized carbons (Fsp3) is 0.636. The van der Waals surface area contributed by atoms with Crippen LogP contribution in [0, 0.1) is 0 Å². The van der Waals surface area contributed by atoms with Crippen molar-refractivity contribution in [2.24, 2.45) is 0 Å². The van der Waals surface area contributed by atoms with Crippen LogP contribution < -0.4 is 0 Å². The van der Waals surface area contributed by atoms with Crippen molar-refractivity contribution in [2.75, 3.05) is 46.2 Å². The summed E-state index contributed by atoms with van der Waals surface area (Å²) >= 11 is 0. The standard InChI is InChI=1S/C22H30N2O10/c25-17(3-1-10-23-18(26)5-6-19(23)27)4-2-11-31-13-15-33-16-14-32-12-9-22(30)34-24-20(28)7-8-21(24)29/h5-6H,1-4,7-16H2. The maximum atomic E-state index is 11.8. The molecule has 0 radical (unpaired) electrons. The molecule has 2 aliphatic heterocycles. The zero-order valence-electron chi connectivity index (χ0n) is 19.0. The first-order valence-corrected chi connectivity index (χ1v) is 11.2. The van der Waals surface area contributed by atoms with E-state index in [1.54, 1.807) is 0 Å². The predicted octanol–water partition coefficient (Wildman–Crippen LogP) is 0.0880. The van der Waals surface area contributed by atoms with Crippen molar-refractivity contribution in [1.82, 2.24) is 9.96 Å². The van der Waals surface area contributed by atoms with E-state index in [0.29, 0.717) is 57.2 Å². The highest BCUT2D eigenvalue weighted by Gasteiger charge is 2.32. The first kappa shape index (κ1) is 27.3. The van der Waals surface area contributed by atoms with Crippen molar-refractivity contribution in [3.05, 3.63) is 12.2 Å². The zero-order valence-corrected chi connectivity index (χ0v) is 19.0. The molecular weight excluding hydrogens is 452 g/mol. The van der Waals surface area contributed by atoms with Crippen LogP contribution in [0.3, 0.4) is 0 Å². The average molecular weight is 482 g/mol. The molecule has 0 unspecified atom stereocenters. The third-order valence-electron chi connectivity index (χ3n) is 4.88. The Hall–Kier alpha value is -2.96. The van der Waals surface area contributed by atoms with Gasteiger partial charge in [0.15, 0.2) is 0 Å². The highest BCUT2D eigenvalue weighted by Crippen LogP contribution is 2.12. The molecule has 2 aliphatic rings. The molecule has 1 fully saturated rings. The van der Waals surface area contributed by atoms with Crippen LogP contribution in [0.1, 0.15) is 44.9 Å². The van der Waals surface area contributed by atoms with Gasteiger partial charge >= 0.3 is 5.97 Å². The molecule has 2 rings (SSSR count). The lowest BCUT2D eigenvalue weighted by atomic mass is 10.1. The number of hydrogen-bond donors (Lipinski definition) is 0. The number of ketones is 1. The molecule has 12 nitrogen and oxygen atoms in total. The van der Waals surface area contributed by atoms with Gasteiger partial charge < -0.3 is 19.0 Å². The van der Waals surface area contributed by atoms with E-state index in [9.17, 15) is 28.8 Å². The first-order valence-electron chi connectivity index (χ1n) is 11.2. The molecule has 0 spiro atoms. The van der Waals surface area contributed by atoms with E-state index in [1.807, 2.05) is 0 Å². The smallest absolute Gasteiger partial charge is 0.335 e. The average Bonchev–Trinajstić information content (AvgIpc) is 3.30. The molecule has 0 saturated carbocycles. The predicted molar refractivity (Wildman–Crippen MR) is 114 cm³/mol. The minimum absolute atomic E-state index is 0.0487. The minimum atomic E-state index is -0.717. The van der Waals surface area contributed by atoms with E-state index < -0.39 is 17.8 Å². The van der Waals surface area contributed by atoms with Crippen molar-refractivity contribution >= 4 is 35.4 Å². The number of carbonyl (C=O) groups is 6. The second-order valence-corrected chi connectivity index (χ2v) is 7.54. The van der Waals surface area contributed by atoms with Crippen molar-refractivity contribution in [1.29, 1.82) is 0 Å². The van der Waals surface area contributed by atoms with Gasteiger partial charge in [0.05, 0.1) is 39.5 Å². The van der Waals surface area contributed by atoms with Gasteiger partial charge in [0, 0.05) is 51.0 Å². The third-order valence-corrected chi connectivity index (χ3v) is 4.88. The maximum absolute atomic E-state index is 11.8. The van der Waals surface area contributed by atoms with Gasteiger partial charge in [-0.05, 0) is 12.8 Å². The lowest BCUT2D eigenvalue weighted by molar-refractivity contribution is -0.198. The Morgan fingerprint density at radius 1 is 0.706 bits per heavy atom. The fourth-order valence-corrected chi connectivity index (χ4v) is 3.08. The normalized spacial score (nSPS) is 15.6. The van der Waals surface area contributed by atoms with Crippen LogP contribution in [0.4, 0.5) is 0 Å². The van der Waals surface area contributed by atoms with Crippen LogP contribution in [-0.2, 0) is 47.8 Å². The third kappa shape index (κ3) is 9.89. The molecule has 12 heteroatoms. The second-order valence-electron chi connectivity index (χ2n) is 7.54. The summed E-state index contributed by atoms with van der Waals surface area (Å²) in [7, 11) is 0. The summed E-state index contributed by atoms with van der Waals surface area (Å²) in [6.07, 6.45) is 4.17. The van der Waals surface area contributed by atoms with Crippen LogP contribution in [0.2, 0.25) is 0 Å². The van der Waals surface area contributed by atoms with Crippen LogP contribution in [-0.4, -0.2) is 91.5 Å². The number of rotatable bonds is 18. The molecule has 2 heterocycles. The molecule has 0 bridgehead atoms. The van der Waals surface area contributed by atoms with Gasteiger partial charge in [-0.3, -0.25) is 28.9 Å². The van der Waals surface area contributed by atoms with Gasteiger partial charge in [-0.2, -0.15) is 0 Å². The Balaban J connectivity index is 1.32. The fourth-order valence-electron chi connectivity index (χ4n) is 3.08. The lowest BCUT2D eigenvalue weighted by Crippen LogP contribution is -2.32. The summed E-state index contributed by atoms with van der Waals surface area (Å²) in [6.45, 7) is 2.02. The number of nitrogens with zero attached hydrogens (tertiary/aromatic N) is 2. The molecule has 0 aromatic carbocycles. The molecule has 34 heavy (non-hydrogen) atoms. The number of hydroxylamine groups is 2. The summed E-state index contributed by atoms with van der Waals surface area (Å²) in [5.41, 5.74) is 0. The second kappa shape index (κ2) is 15.0. The van der Waals surface area contributed by atoms with Gasteiger partial charge in [-0.1, -0.05) is 0 Å². The highest BCUT2D eigenvalue weighted by molar-refractivity contribution is 6.12. The SMILES string of the molecule is O=C(CCCOCCOCCOCCC(=O)ON1C(=O)CCC1=O)CCCN1C(=O)C=CC1=O. The van der Waals surface area contributed by atoms with E-state index >= 15 is 0 Å². The van der Waals surface area contributed by atoms with Gasteiger partial charge in [-0.25, -0.2) is 4.79 Å². The van der Waals surface area contributed by atoms with E-state index in [4.69, 9.17) is 19.0 Å². The summed E-state index contributed by atoms with van der Waals surface area (Å²) < 4.78 is 16.0. The van der Waals surface area contributed by atoms with E-state index in [1.165, 1.54) is 12.2 Å². The Bertz CT molecular complexity index is 761. The largest absolute Gasteiger partial charge is 0.379 e. The van der Waals surface area contributed by atoms with Crippen LogP contribution >= 0.6 is 0 Å². The molecule has 4 amide bonds. The summed E-state index contributed by atoms with van der Waals surface area (Å²) in [5.74, 6) is -2.38. The quantitative estimate of drug-likeness (QED) is 0.194. The Labute approximate surface area is 197 Å². The minimum Gasteiger partial charge on any atom is -0.379 e. The number of Topliss-reactive ketones (excluding diaryl/α,β-unsaturated/α-hetero) is 1. The molecule has 188 valence electrons. The molecule has 0 aromatic rings. The molecule has 0 atom stereocenters.